The fraction of sp³-hybridized carbons (Fsp3) is 0.854. The van der Waals surface area contributed by atoms with Gasteiger partial charge in [-0.05, 0) is 51.4 Å². The molecule has 57 heavy (non-hydrogen) atoms. The Bertz CT molecular complexity index is 972. The van der Waals surface area contributed by atoms with Gasteiger partial charge in [-0.1, -0.05) is 204 Å². The maximum absolute atomic E-state index is 12.6. The van der Waals surface area contributed by atoms with E-state index in [0.717, 1.165) is 51.4 Å². The average Bonchev–Trinajstić information content (AvgIpc) is 3.20. The molecule has 0 heterocycles. The molecule has 0 aliphatic carbocycles. The van der Waals surface area contributed by atoms with Gasteiger partial charge in [-0.25, -0.2) is 4.57 Å². The number of hydrogen-bond acceptors (Lipinski definition) is 7. The zero-order valence-corrected chi connectivity index (χ0v) is 38.2. The molecule has 0 rings (SSSR count). The Balaban J connectivity index is 3.98. The molecule has 0 aromatic carbocycles. The molecular weight excluding hydrogens is 734 g/mol. The van der Waals surface area contributed by atoms with Gasteiger partial charge in [0.2, 0.25) is 0 Å². The van der Waals surface area contributed by atoms with E-state index in [1.165, 1.54) is 154 Å². The second-order valence-electron chi connectivity index (χ2n) is 16.0. The van der Waals surface area contributed by atoms with E-state index in [1.807, 2.05) is 0 Å². The van der Waals surface area contributed by atoms with Crippen LogP contribution in [0.4, 0.5) is 0 Å². The van der Waals surface area contributed by atoms with E-state index < -0.39 is 13.9 Å². The van der Waals surface area contributed by atoms with Crippen molar-refractivity contribution in [3.63, 3.8) is 0 Å². The van der Waals surface area contributed by atoms with Crippen LogP contribution in [-0.2, 0) is 27.9 Å². The first-order valence-electron chi connectivity index (χ1n) is 24.0. The van der Waals surface area contributed by atoms with Crippen molar-refractivity contribution >= 4 is 13.8 Å². The fourth-order valence-electron chi connectivity index (χ4n) is 6.77. The molecule has 8 nitrogen and oxygen atoms in total. The van der Waals surface area contributed by atoms with Gasteiger partial charge in [-0.15, -0.1) is 0 Å². The summed E-state index contributed by atoms with van der Waals surface area (Å²) in [5.41, 5.74) is 5.38. The third-order valence-corrected chi connectivity index (χ3v) is 11.3. The minimum atomic E-state index is -4.28. The quantitative estimate of drug-likeness (QED) is 0.0270. The zero-order valence-electron chi connectivity index (χ0n) is 37.3. The molecule has 2 atom stereocenters. The summed E-state index contributed by atoms with van der Waals surface area (Å²) in [7, 11) is -4.28. The van der Waals surface area contributed by atoms with E-state index in [9.17, 15) is 14.3 Å². The minimum absolute atomic E-state index is 0.0966. The molecule has 9 heteroatoms. The Labute approximate surface area is 352 Å². The van der Waals surface area contributed by atoms with Crippen LogP contribution in [-0.4, -0.2) is 49.9 Å². The number of esters is 1. The van der Waals surface area contributed by atoms with Crippen molar-refractivity contribution in [2.24, 2.45) is 5.73 Å². The highest BCUT2D eigenvalue weighted by atomic mass is 31.2. The van der Waals surface area contributed by atoms with Crippen LogP contribution in [0.25, 0.3) is 0 Å². The Morgan fingerprint density at radius 1 is 0.526 bits per heavy atom. The van der Waals surface area contributed by atoms with Crippen LogP contribution in [0, 0.1) is 0 Å². The van der Waals surface area contributed by atoms with Gasteiger partial charge in [0.25, 0.3) is 0 Å². The number of nitrogens with two attached hydrogens (primary N) is 1. The summed E-state index contributed by atoms with van der Waals surface area (Å²) in [5, 5.41) is 0. The lowest BCUT2D eigenvalue weighted by molar-refractivity contribution is -0.154. The van der Waals surface area contributed by atoms with E-state index in [-0.39, 0.29) is 32.3 Å². The Kier molecular flexibility index (Phi) is 44.8. The van der Waals surface area contributed by atoms with Gasteiger partial charge in [-0.3, -0.25) is 13.8 Å². The average molecular weight is 826 g/mol. The maximum atomic E-state index is 12.6. The number of phosphoric acid groups is 1. The van der Waals surface area contributed by atoms with Crippen LogP contribution in [0.15, 0.2) is 36.5 Å². The van der Waals surface area contributed by atoms with E-state index in [4.69, 9.17) is 24.3 Å². The number of allylic oxidation sites excluding steroid dienone is 6. The number of unbranched alkanes of at least 4 members (excludes halogenated alkanes) is 27. The lowest BCUT2D eigenvalue weighted by Crippen LogP contribution is -2.28. The van der Waals surface area contributed by atoms with Crippen molar-refractivity contribution in [1.29, 1.82) is 0 Å². The lowest BCUT2D eigenvalue weighted by Gasteiger charge is -2.20. The monoisotopic (exact) mass is 826 g/mol. The SMILES string of the molecule is CCCCCCC/C=C\C/C=C\C/C=C\CCCCCCCCCOCC(COP(=O)(O)OCCN)OC(=O)CCCCCCCCCCCCCCCCCC. The van der Waals surface area contributed by atoms with Crippen molar-refractivity contribution in [3.8, 4) is 0 Å². The largest absolute Gasteiger partial charge is 0.472 e. The highest BCUT2D eigenvalue weighted by molar-refractivity contribution is 7.47. The van der Waals surface area contributed by atoms with Gasteiger partial charge in [0.15, 0.2) is 0 Å². The third kappa shape index (κ3) is 45.7. The van der Waals surface area contributed by atoms with Crippen LogP contribution in [0.1, 0.15) is 226 Å². The highest BCUT2D eigenvalue weighted by Gasteiger charge is 2.25. The van der Waals surface area contributed by atoms with Crippen LogP contribution in [0.2, 0.25) is 0 Å². The second kappa shape index (κ2) is 45.8. The predicted molar refractivity (Wildman–Crippen MR) is 243 cm³/mol. The number of rotatable bonds is 46. The van der Waals surface area contributed by atoms with E-state index in [2.05, 4.69) is 50.3 Å². The first-order chi connectivity index (χ1) is 27.9. The lowest BCUT2D eigenvalue weighted by atomic mass is 10.0. The fourth-order valence-corrected chi connectivity index (χ4v) is 7.53. The number of phosphoric ester groups is 1. The highest BCUT2D eigenvalue weighted by Crippen LogP contribution is 2.43. The van der Waals surface area contributed by atoms with Gasteiger partial charge in [-0.2, -0.15) is 0 Å². The summed E-state index contributed by atoms with van der Waals surface area (Å²) >= 11 is 0. The summed E-state index contributed by atoms with van der Waals surface area (Å²) in [6.07, 6.45) is 53.1. The molecule has 0 bridgehead atoms. The molecule has 0 aromatic heterocycles. The minimum Gasteiger partial charge on any atom is -0.457 e. The number of carbonyl (C=O) groups excluding carboxylic acids is 1. The molecule has 0 aliphatic heterocycles. The molecule has 0 aromatic rings. The molecular formula is C48H92NO7P. The molecule has 0 amide bonds. The Hall–Kier alpha value is -1.28. The van der Waals surface area contributed by atoms with Gasteiger partial charge in [0.1, 0.15) is 6.10 Å². The molecule has 336 valence electrons. The third-order valence-electron chi connectivity index (χ3n) is 10.3. The van der Waals surface area contributed by atoms with Gasteiger partial charge in [0, 0.05) is 19.6 Å². The molecule has 0 saturated heterocycles. The van der Waals surface area contributed by atoms with Crippen LogP contribution >= 0.6 is 7.82 Å². The standard InChI is InChI=1S/C48H92NO7P/c1-3-5-7-9-11-13-15-17-19-21-22-23-24-25-26-28-30-32-34-36-38-40-43-53-45-47(46-55-57(51,52)54-44-42-49)56-48(50)41-39-37-35-33-31-29-27-20-18-16-14-12-10-8-6-4-2/h15,17,21-22,24-25,47H,3-14,16,18-20,23,26-46,49H2,1-2H3,(H,51,52)/b17-15-,22-21-,25-24-. The summed E-state index contributed by atoms with van der Waals surface area (Å²) in [6, 6.07) is 0. The van der Waals surface area contributed by atoms with Crippen molar-refractivity contribution < 1.29 is 32.8 Å². The van der Waals surface area contributed by atoms with E-state index in [1.54, 1.807) is 0 Å². The molecule has 0 spiro atoms. The molecule has 0 aliphatic rings. The van der Waals surface area contributed by atoms with Crippen molar-refractivity contribution in [2.75, 3.05) is 33.0 Å². The first kappa shape index (κ1) is 55.7. The predicted octanol–water partition coefficient (Wildman–Crippen LogP) is 14.6. The van der Waals surface area contributed by atoms with Gasteiger partial charge >= 0.3 is 13.8 Å². The summed E-state index contributed by atoms with van der Waals surface area (Å²) in [5.74, 6) is -0.331. The summed E-state index contributed by atoms with van der Waals surface area (Å²) in [4.78, 5) is 22.5. The van der Waals surface area contributed by atoms with Crippen LogP contribution in [0.3, 0.4) is 0 Å². The second-order valence-corrected chi connectivity index (χ2v) is 17.4. The normalized spacial score (nSPS) is 13.7. The summed E-state index contributed by atoms with van der Waals surface area (Å²) in [6.45, 7) is 4.92. The Morgan fingerprint density at radius 2 is 0.930 bits per heavy atom. The number of carbonyl (C=O) groups is 1. The van der Waals surface area contributed by atoms with Crippen LogP contribution in [0.5, 0.6) is 0 Å². The number of ether oxygens (including phenoxy) is 2. The maximum Gasteiger partial charge on any atom is 0.472 e. The van der Waals surface area contributed by atoms with E-state index >= 15 is 0 Å². The molecule has 2 unspecified atom stereocenters. The van der Waals surface area contributed by atoms with Crippen LogP contribution < -0.4 is 5.73 Å². The molecule has 3 N–H and O–H groups in total. The zero-order chi connectivity index (χ0) is 41.6. The van der Waals surface area contributed by atoms with Crippen molar-refractivity contribution in [2.45, 2.75) is 232 Å². The van der Waals surface area contributed by atoms with Gasteiger partial charge in [0.05, 0.1) is 19.8 Å². The smallest absolute Gasteiger partial charge is 0.457 e. The topological polar surface area (TPSA) is 117 Å². The van der Waals surface area contributed by atoms with Gasteiger partial charge < -0.3 is 20.1 Å². The number of hydrogen-bond donors (Lipinski definition) is 2. The van der Waals surface area contributed by atoms with Crippen molar-refractivity contribution in [1.82, 2.24) is 0 Å². The first-order valence-corrected chi connectivity index (χ1v) is 25.5. The molecule has 0 radical (unpaired) electrons. The van der Waals surface area contributed by atoms with Crippen molar-refractivity contribution in [3.05, 3.63) is 36.5 Å². The summed E-state index contributed by atoms with van der Waals surface area (Å²) < 4.78 is 33.5. The molecule has 0 fully saturated rings. The Morgan fingerprint density at radius 3 is 1.39 bits per heavy atom. The van der Waals surface area contributed by atoms with E-state index in [0.29, 0.717) is 13.0 Å². The molecule has 0 saturated carbocycles.